The smallest absolute Gasteiger partial charge is 0.261 e. The average Bonchev–Trinajstić information content (AvgIpc) is 2.67. The molecule has 0 spiro atoms. The molecular formula is C21H25BrN2O3. The van der Waals surface area contributed by atoms with Crippen molar-refractivity contribution in [2.75, 3.05) is 13.7 Å². The van der Waals surface area contributed by atoms with Crippen molar-refractivity contribution in [2.24, 2.45) is 0 Å². The molecule has 0 heterocycles. The lowest BCUT2D eigenvalue weighted by atomic mass is 10.1. The first-order valence-corrected chi connectivity index (χ1v) is 9.57. The fourth-order valence-corrected chi connectivity index (χ4v) is 3.02. The molecule has 2 aromatic rings. The van der Waals surface area contributed by atoms with Crippen molar-refractivity contribution < 1.29 is 14.3 Å². The minimum atomic E-state index is -0.598. The standard InChI is InChI=1S/C21H25BrN2O3/c1-14-10-18(11-15(2)20(14)22)27-13-19(25)24(16(3)21(26)23-4)12-17-8-6-5-7-9-17/h5-11,16H,12-13H2,1-4H3,(H,23,26)/t16-/m0/s1. The van der Waals surface area contributed by atoms with E-state index in [-0.39, 0.29) is 18.4 Å². The van der Waals surface area contributed by atoms with E-state index in [1.165, 1.54) is 4.90 Å². The lowest BCUT2D eigenvalue weighted by Crippen LogP contribution is -2.48. The molecule has 144 valence electrons. The predicted octanol–water partition coefficient (Wildman–Crippen LogP) is 3.61. The van der Waals surface area contributed by atoms with Gasteiger partial charge in [0.1, 0.15) is 11.8 Å². The number of carbonyl (C=O) groups excluding carboxylic acids is 2. The van der Waals surface area contributed by atoms with Crippen LogP contribution in [0.3, 0.4) is 0 Å². The summed E-state index contributed by atoms with van der Waals surface area (Å²) in [4.78, 5) is 26.5. The van der Waals surface area contributed by atoms with Crippen LogP contribution in [-0.4, -0.2) is 36.4 Å². The number of nitrogens with zero attached hydrogens (tertiary/aromatic N) is 1. The summed E-state index contributed by atoms with van der Waals surface area (Å²) in [5.74, 6) is 0.177. The maximum atomic E-state index is 12.8. The van der Waals surface area contributed by atoms with Crippen molar-refractivity contribution in [2.45, 2.75) is 33.4 Å². The van der Waals surface area contributed by atoms with E-state index in [4.69, 9.17) is 4.74 Å². The van der Waals surface area contributed by atoms with Gasteiger partial charge in [0.05, 0.1) is 0 Å². The van der Waals surface area contributed by atoms with Gasteiger partial charge in [-0.15, -0.1) is 0 Å². The van der Waals surface area contributed by atoms with E-state index >= 15 is 0 Å². The van der Waals surface area contributed by atoms with Crippen LogP contribution in [0, 0.1) is 13.8 Å². The topological polar surface area (TPSA) is 58.6 Å². The third kappa shape index (κ3) is 5.57. The molecule has 6 heteroatoms. The number of rotatable bonds is 7. The van der Waals surface area contributed by atoms with Gasteiger partial charge < -0.3 is 15.0 Å². The molecule has 27 heavy (non-hydrogen) atoms. The number of aryl methyl sites for hydroxylation is 2. The second kappa shape index (κ2) is 9.55. The number of benzene rings is 2. The summed E-state index contributed by atoms with van der Waals surface area (Å²) in [5.41, 5.74) is 3.03. The Morgan fingerprint density at radius 3 is 2.30 bits per heavy atom. The summed E-state index contributed by atoms with van der Waals surface area (Å²) in [6.45, 7) is 5.88. The van der Waals surface area contributed by atoms with Crippen LogP contribution < -0.4 is 10.1 Å². The molecule has 1 atom stereocenters. The molecule has 2 aromatic carbocycles. The minimum absolute atomic E-state index is 0.130. The molecule has 0 fully saturated rings. The van der Waals surface area contributed by atoms with Crippen molar-refractivity contribution in [1.29, 1.82) is 0 Å². The zero-order valence-corrected chi connectivity index (χ0v) is 17.7. The highest BCUT2D eigenvalue weighted by Gasteiger charge is 2.25. The molecule has 5 nitrogen and oxygen atoms in total. The number of likely N-dealkylation sites (N-methyl/N-ethyl adjacent to an activating group) is 1. The van der Waals surface area contributed by atoms with E-state index in [1.807, 2.05) is 56.3 Å². The molecule has 0 saturated carbocycles. The number of halogens is 1. The van der Waals surface area contributed by atoms with Crippen LogP contribution in [0.1, 0.15) is 23.6 Å². The summed E-state index contributed by atoms with van der Waals surface area (Å²) in [6, 6.07) is 12.8. The number of hydrogen-bond acceptors (Lipinski definition) is 3. The molecule has 0 aliphatic rings. The van der Waals surface area contributed by atoms with Crippen molar-refractivity contribution in [3.63, 3.8) is 0 Å². The van der Waals surface area contributed by atoms with Gasteiger partial charge in [-0.1, -0.05) is 46.3 Å². The normalized spacial score (nSPS) is 11.6. The van der Waals surface area contributed by atoms with Gasteiger partial charge >= 0.3 is 0 Å². The van der Waals surface area contributed by atoms with Crippen LogP contribution in [0.15, 0.2) is 46.9 Å². The Bertz CT molecular complexity index is 785. The zero-order valence-electron chi connectivity index (χ0n) is 16.1. The van der Waals surface area contributed by atoms with Gasteiger partial charge in [-0.2, -0.15) is 0 Å². The molecule has 1 N–H and O–H groups in total. The van der Waals surface area contributed by atoms with Gasteiger partial charge in [0.2, 0.25) is 5.91 Å². The monoisotopic (exact) mass is 432 g/mol. The van der Waals surface area contributed by atoms with Crippen LogP contribution in [0.25, 0.3) is 0 Å². The molecule has 0 aromatic heterocycles. The van der Waals surface area contributed by atoms with E-state index in [0.717, 1.165) is 21.2 Å². The Kier molecular flexibility index (Phi) is 7.42. The molecule has 0 aliphatic carbocycles. The quantitative estimate of drug-likeness (QED) is 0.726. The Labute approximate surface area is 168 Å². The summed E-state index contributed by atoms with van der Waals surface area (Å²) in [7, 11) is 1.56. The van der Waals surface area contributed by atoms with Gasteiger partial charge in [-0.3, -0.25) is 9.59 Å². The third-order valence-electron chi connectivity index (χ3n) is 4.38. The summed E-state index contributed by atoms with van der Waals surface area (Å²) >= 11 is 3.52. The van der Waals surface area contributed by atoms with E-state index in [9.17, 15) is 9.59 Å². The molecular weight excluding hydrogens is 408 g/mol. The van der Waals surface area contributed by atoms with E-state index < -0.39 is 6.04 Å². The number of nitrogens with one attached hydrogen (secondary N) is 1. The maximum Gasteiger partial charge on any atom is 0.261 e. The first kappa shape index (κ1) is 21.0. The SMILES string of the molecule is CNC(=O)[C@H](C)N(Cc1ccccc1)C(=O)COc1cc(C)c(Br)c(C)c1. The molecule has 0 radical (unpaired) electrons. The molecule has 2 rings (SSSR count). The van der Waals surface area contributed by atoms with Gasteiger partial charge in [0, 0.05) is 18.1 Å². The largest absolute Gasteiger partial charge is 0.484 e. The first-order valence-electron chi connectivity index (χ1n) is 8.78. The van der Waals surface area contributed by atoms with Crippen molar-refractivity contribution in [3.05, 3.63) is 63.6 Å². The number of hydrogen-bond donors (Lipinski definition) is 1. The van der Waals surface area contributed by atoms with Crippen LogP contribution in [0.2, 0.25) is 0 Å². The van der Waals surface area contributed by atoms with Crippen molar-refractivity contribution in [1.82, 2.24) is 10.2 Å². The Balaban J connectivity index is 2.14. The fourth-order valence-electron chi connectivity index (χ4n) is 2.79. The van der Waals surface area contributed by atoms with Gasteiger partial charge in [0.15, 0.2) is 6.61 Å². The molecule has 0 unspecified atom stereocenters. The molecule has 0 bridgehead atoms. The Morgan fingerprint density at radius 1 is 1.15 bits per heavy atom. The lowest BCUT2D eigenvalue weighted by molar-refractivity contribution is -0.142. The van der Waals surface area contributed by atoms with Crippen molar-refractivity contribution >= 4 is 27.7 Å². The number of amides is 2. The number of ether oxygens (including phenoxy) is 1. The van der Waals surface area contributed by atoms with E-state index in [0.29, 0.717) is 12.3 Å². The summed E-state index contributed by atoms with van der Waals surface area (Å²) < 4.78 is 6.75. The Hall–Kier alpha value is -2.34. The van der Waals surface area contributed by atoms with E-state index in [1.54, 1.807) is 14.0 Å². The van der Waals surface area contributed by atoms with Crippen LogP contribution in [0.5, 0.6) is 5.75 Å². The summed E-state index contributed by atoms with van der Waals surface area (Å²) in [6.07, 6.45) is 0. The van der Waals surface area contributed by atoms with E-state index in [2.05, 4.69) is 21.2 Å². The molecule has 2 amide bonds. The first-order chi connectivity index (χ1) is 12.8. The van der Waals surface area contributed by atoms with Gasteiger partial charge in [-0.25, -0.2) is 0 Å². The van der Waals surface area contributed by atoms with Crippen LogP contribution >= 0.6 is 15.9 Å². The molecule has 0 aliphatic heterocycles. The predicted molar refractivity (Wildman–Crippen MR) is 110 cm³/mol. The number of carbonyl (C=O) groups is 2. The highest BCUT2D eigenvalue weighted by molar-refractivity contribution is 9.10. The third-order valence-corrected chi connectivity index (χ3v) is 5.63. The van der Waals surface area contributed by atoms with Crippen molar-refractivity contribution in [3.8, 4) is 5.75 Å². The average molecular weight is 433 g/mol. The van der Waals surface area contributed by atoms with Crippen LogP contribution in [0.4, 0.5) is 0 Å². The summed E-state index contributed by atoms with van der Waals surface area (Å²) in [5, 5.41) is 2.60. The lowest BCUT2D eigenvalue weighted by Gasteiger charge is -2.28. The zero-order chi connectivity index (χ0) is 20.0. The Morgan fingerprint density at radius 2 is 1.74 bits per heavy atom. The second-order valence-electron chi connectivity index (χ2n) is 6.46. The van der Waals surface area contributed by atoms with Gasteiger partial charge in [0.25, 0.3) is 5.91 Å². The second-order valence-corrected chi connectivity index (χ2v) is 7.25. The highest BCUT2D eigenvalue weighted by Crippen LogP contribution is 2.26. The molecule has 0 saturated heterocycles. The fraction of sp³-hybridized carbons (Fsp3) is 0.333. The maximum absolute atomic E-state index is 12.8. The van der Waals surface area contributed by atoms with Gasteiger partial charge in [-0.05, 0) is 49.6 Å². The minimum Gasteiger partial charge on any atom is -0.484 e. The van der Waals surface area contributed by atoms with Crippen LogP contribution in [-0.2, 0) is 16.1 Å². The highest BCUT2D eigenvalue weighted by atomic mass is 79.9.